The minimum absolute atomic E-state index is 0. The van der Waals surface area contributed by atoms with Crippen LogP contribution in [0.1, 0.15) is 11.1 Å². The number of benzene rings is 3. The average Bonchev–Trinajstić information content (AvgIpc) is 2.95. The minimum Gasteiger partial charge on any atom is -0.488 e. The van der Waals surface area contributed by atoms with Crippen LogP contribution in [0.2, 0.25) is 10.0 Å². The number of rotatable bonds is 9. The van der Waals surface area contributed by atoms with Crippen LogP contribution in [0.25, 0.3) is 0 Å². The van der Waals surface area contributed by atoms with E-state index in [0.29, 0.717) is 59.7 Å². The van der Waals surface area contributed by atoms with E-state index < -0.39 is 0 Å². The molecule has 3 aromatic carbocycles. The van der Waals surface area contributed by atoms with Gasteiger partial charge in [0.2, 0.25) is 17.8 Å². The van der Waals surface area contributed by atoms with Gasteiger partial charge in [0.15, 0.2) is 0 Å². The molecular weight excluding hydrogens is 580 g/mol. The lowest BCUT2D eigenvalue weighted by molar-refractivity contribution is 0.122. The molecule has 40 heavy (non-hydrogen) atoms. The first-order valence-corrected chi connectivity index (χ1v) is 12.9. The van der Waals surface area contributed by atoms with Gasteiger partial charge < -0.3 is 19.7 Å². The Morgan fingerprint density at radius 1 is 0.975 bits per heavy atom. The van der Waals surface area contributed by atoms with Gasteiger partial charge in [-0.1, -0.05) is 41.4 Å². The Kier molecular flexibility index (Phi) is 10.3. The number of nitrogens with zero attached hydrogens (tertiary/aromatic N) is 5. The predicted molar refractivity (Wildman–Crippen MR) is 158 cm³/mol. The van der Waals surface area contributed by atoms with Gasteiger partial charge in [-0.3, -0.25) is 0 Å². The molecular formula is C27H25Cl3FN7O2. The Morgan fingerprint density at radius 3 is 2.50 bits per heavy atom. The monoisotopic (exact) mass is 603 g/mol. The van der Waals surface area contributed by atoms with E-state index in [9.17, 15) is 4.39 Å². The average molecular weight is 605 g/mol. The molecule has 0 amide bonds. The summed E-state index contributed by atoms with van der Waals surface area (Å²) in [5.41, 5.74) is 5.07. The number of hydrogen-bond donors (Lipinski definition) is 2. The van der Waals surface area contributed by atoms with Crippen molar-refractivity contribution in [2.45, 2.75) is 6.61 Å². The second kappa shape index (κ2) is 14.1. The topological polar surface area (TPSA) is 96.8 Å². The second-order valence-corrected chi connectivity index (χ2v) is 9.29. The Hall–Kier alpha value is -3.70. The number of aromatic nitrogens is 3. The minimum atomic E-state index is -0.331. The van der Waals surface area contributed by atoms with E-state index in [1.165, 1.54) is 12.1 Å². The van der Waals surface area contributed by atoms with Gasteiger partial charge in [0, 0.05) is 39.9 Å². The number of anilines is 4. The molecule has 1 fully saturated rings. The molecule has 2 heterocycles. The van der Waals surface area contributed by atoms with Gasteiger partial charge in [-0.15, -0.1) is 12.4 Å². The van der Waals surface area contributed by atoms with Crippen molar-refractivity contribution in [3.8, 4) is 5.75 Å². The van der Waals surface area contributed by atoms with Gasteiger partial charge in [-0.2, -0.15) is 20.1 Å². The highest BCUT2D eigenvalue weighted by Crippen LogP contribution is 2.24. The molecule has 0 saturated carbocycles. The quantitative estimate of drug-likeness (QED) is 0.169. The van der Waals surface area contributed by atoms with Crippen LogP contribution >= 0.6 is 35.6 Å². The molecule has 4 aromatic rings. The van der Waals surface area contributed by atoms with Gasteiger partial charge in [-0.25, -0.2) is 9.82 Å². The van der Waals surface area contributed by atoms with E-state index in [0.717, 1.165) is 11.1 Å². The molecule has 0 atom stereocenters. The van der Waals surface area contributed by atoms with Crippen molar-refractivity contribution in [2.24, 2.45) is 5.10 Å². The third-order valence-corrected chi connectivity index (χ3v) is 6.29. The molecule has 13 heteroatoms. The Labute approximate surface area is 246 Å². The summed E-state index contributed by atoms with van der Waals surface area (Å²) in [6.45, 7) is 2.70. The standard InChI is InChI=1S/C27H24Cl2FN7O2.ClH/c28-20-6-5-19(23(29)15-20)17-39-24-4-2-1-3-18(24)16-31-36-26-33-25(32-22-9-7-21(30)8-10-22)34-27(35-26)37-11-13-38-14-12-37;/h1-10,15-16H,11-14,17H2,(H2,32,33,34,35,36);1H. The Morgan fingerprint density at radius 2 is 1.73 bits per heavy atom. The summed E-state index contributed by atoms with van der Waals surface area (Å²) in [7, 11) is 0. The molecule has 1 aromatic heterocycles. The summed E-state index contributed by atoms with van der Waals surface area (Å²) in [4.78, 5) is 15.5. The molecule has 1 aliphatic rings. The molecule has 1 aliphatic heterocycles. The maximum Gasteiger partial charge on any atom is 0.250 e. The number of nitrogens with one attached hydrogen (secondary N) is 2. The predicted octanol–water partition coefficient (Wildman–Crippen LogP) is 6.34. The summed E-state index contributed by atoms with van der Waals surface area (Å²) in [6.07, 6.45) is 1.62. The first kappa shape index (κ1) is 29.3. The number of morpholine rings is 1. The lowest BCUT2D eigenvalue weighted by Gasteiger charge is -2.27. The molecule has 1 saturated heterocycles. The van der Waals surface area contributed by atoms with E-state index >= 15 is 0 Å². The first-order chi connectivity index (χ1) is 19.0. The van der Waals surface area contributed by atoms with E-state index in [2.05, 4.69) is 30.8 Å². The molecule has 0 unspecified atom stereocenters. The third kappa shape index (κ3) is 7.92. The largest absolute Gasteiger partial charge is 0.488 e. The number of para-hydroxylation sites is 1. The maximum absolute atomic E-state index is 13.3. The summed E-state index contributed by atoms with van der Waals surface area (Å²) in [5, 5.41) is 8.52. The lowest BCUT2D eigenvalue weighted by atomic mass is 10.2. The summed E-state index contributed by atoms with van der Waals surface area (Å²) < 4.78 is 24.8. The molecule has 0 radical (unpaired) electrons. The fourth-order valence-corrected chi connectivity index (χ4v) is 4.17. The van der Waals surface area contributed by atoms with Gasteiger partial charge >= 0.3 is 0 Å². The fraction of sp³-hybridized carbons (Fsp3) is 0.185. The highest BCUT2D eigenvalue weighted by molar-refractivity contribution is 6.35. The summed E-state index contributed by atoms with van der Waals surface area (Å²) >= 11 is 12.3. The first-order valence-electron chi connectivity index (χ1n) is 12.1. The highest BCUT2D eigenvalue weighted by atomic mass is 35.5. The number of ether oxygens (including phenoxy) is 2. The van der Waals surface area contributed by atoms with Crippen LogP contribution in [-0.2, 0) is 11.3 Å². The van der Waals surface area contributed by atoms with Crippen LogP contribution in [0.3, 0.4) is 0 Å². The van der Waals surface area contributed by atoms with Gasteiger partial charge in [0.25, 0.3) is 0 Å². The molecule has 0 spiro atoms. The molecule has 2 N–H and O–H groups in total. The SMILES string of the molecule is Cl.Fc1ccc(Nc2nc(NN=Cc3ccccc3OCc3ccc(Cl)cc3Cl)nc(N3CCOCC3)n2)cc1. The van der Waals surface area contributed by atoms with Crippen molar-refractivity contribution in [3.63, 3.8) is 0 Å². The van der Waals surface area contributed by atoms with E-state index in [4.69, 9.17) is 32.7 Å². The van der Waals surface area contributed by atoms with Crippen LogP contribution < -0.4 is 20.4 Å². The highest BCUT2D eigenvalue weighted by Gasteiger charge is 2.17. The zero-order chi connectivity index (χ0) is 27.0. The van der Waals surface area contributed by atoms with Crippen LogP contribution in [0.4, 0.5) is 27.9 Å². The smallest absolute Gasteiger partial charge is 0.250 e. The number of hydrazone groups is 1. The maximum atomic E-state index is 13.3. The van der Waals surface area contributed by atoms with Gasteiger partial charge in [0.1, 0.15) is 18.2 Å². The Bertz CT molecular complexity index is 1450. The summed E-state index contributed by atoms with van der Waals surface area (Å²) in [6, 6.07) is 18.7. The van der Waals surface area contributed by atoms with Crippen LogP contribution in [-0.4, -0.2) is 47.5 Å². The zero-order valence-electron chi connectivity index (χ0n) is 21.1. The van der Waals surface area contributed by atoms with E-state index in [-0.39, 0.29) is 30.8 Å². The molecule has 0 bridgehead atoms. The molecule has 9 nitrogen and oxygen atoms in total. The van der Waals surface area contributed by atoms with E-state index in [1.807, 2.05) is 35.2 Å². The normalized spacial score (nSPS) is 13.1. The fourth-order valence-electron chi connectivity index (χ4n) is 3.71. The van der Waals surface area contributed by atoms with Gasteiger partial charge in [-0.05, 0) is 48.5 Å². The van der Waals surface area contributed by atoms with Gasteiger partial charge in [0.05, 0.1) is 19.4 Å². The van der Waals surface area contributed by atoms with Crippen molar-refractivity contribution in [3.05, 3.63) is 93.7 Å². The van der Waals surface area contributed by atoms with Crippen molar-refractivity contribution in [1.29, 1.82) is 0 Å². The lowest BCUT2D eigenvalue weighted by Crippen LogP contribution is -2.37. The van der Waals surface area contributed by atoms with E-state index in [1.54, 1.807) is 30.5 Å². The molecule has 0 aliphatic carbocycles. The van der Waals surface area contributed by atoms with Crippen molar-refractivity contribution in [1.82, 2.24) is 15.0 Å². The Balaban J connectivity index is 0.00000370. The van der Waals surface area contributed by atoms with Crippen molar-refractivity contribution in [2.75, 3.05) is 41.9 Å². The summed E-state index contributed by atoms with van der Waals surface area (Å²) in [5.74, 6) is 1.29. The number of halogens is 4. The van der Waals surface area contributed by atoms with Crippen molar-refractivity contribution < 1.29 is 13.9 Å². The third-order valence-electron chi connectivity index (χ3n) is 5.70. The van der Waals surface area contributed by atoms with Crippen LogP contribution in [0.5, 0.6) is 5.75 Å². The molecule has 5 rings (SSSR count). The number of hydrogen-bond acceptors (Lipinski definition) is 9. The zero-order valence-corrected chi connectivity index (χ0v) is 23.4. The van der Waals surface area contributed by atoms with Crippen LogP contribution in [0.15, 0.2) is 71.8 Å². The molecule has 208 valence electrons. The van der Waals surface area contributed by atoms with Crippen molar-refractivity contribution >= 4 is 65.4 Å². The van der Waals surface area contributed by atoms with Crippen LogP contribution in [0, 0.1) is 5.82 Å². The second-order valence-electron chi connectivity index (χ2n) is 8.45.